The number of carbonyl (C=O) groups is 1. The van der Waals surface area contributed by atoms with Crippen molar-refractivity contribution in [3.8, 4) is 17.0 Å². The van der Waals surface area contributed by atoms with E-state index in [9.17, 15) is 18.0 Å². The zero-order valence-corrected chi connectivity index (χ0v) is 15.3. The molecule has 0 atom stereocenters. The van der Waals surface area contributed by atoms with Crippen LogP contribution in [0, 0.1) is 0 Å². The van der Waals surface area contributed by atoms with E-state index in [0.29, 0.717) is 21.3 Å². The average Bonchev–Trinajstić information content (AvgIpc) is 3.07. The minimum absolute atomic E-state index is 0.220. The first-order valence-corrected chi connectivity index (χ1v) is 9.19. The van der Waals surface area contributed by atoms with Gasteiger partial charge < -0.3 is 19.7 Å². The lowest BCUT2D eigenvalue weighted by Crippen LogP contribution is -2.43. The van der Waals surface area contributed by atoms with E-state index in [0.717, 1.165) is 26.2 Å². The van der Waals surface area contributed by atoms with Gasteiger partial charge in [-0.2, -0.15) is 0 Å². The van der Waals surface area contributed by atoms with Gasteiger partial charge in [-0.15, -0.1) is 13.2 Å². The number of alkyl halides is 3. The van der Waals surface area contributed by atoms with Crippen LogP contribution in [0.5, 0.6) is 5.75 Å². The molecule has 0 bridgehead atoms. The number of hydrogen-bond acceptors (Lipinski definition) is 7. The Kier molecular flexibility index (Phi) is 5.85. The summed E-state index contributed by atoms with van der Waals surface area (Å²) in [5.74, 6) is -0.830. The molecule has 1 aromatic carbocycles. The number of nitrogens with one attached hydrogen (secondary N) is 1. The van der Waals surface area contributed by atoms with Gasteiger partial charge in [0.15, 0.2) is 5.13 Å². The van der Waals surface area contributed by atoms with Gasteiger partial charge in [0.25, 0.3) is 0 Å². The molecule has 0 unspecified atom stereocenters. The lowest BCUT2D eigenvalue weighted by Gasteiger charge is -2.26. The molecule has 2 aromatic rings. The summed E-state index contributed by atoms with van der Waals surface area (Å²) >= 11 is 1.22. The predicted octanol–water partition coefficient (Wildman–Crippen LogP) is 3.30. The highest BCUT2D eigenvalue weighted by Gasteiger charge is 2.31. The van der Waals surface area contributed by atoms with Crippen molar-refractivity contribution in [2.24, 2.45) is 0 Å². The van der Waals surface area contributed by atoms with Crippen molar-refractivity contribution in [3.05, 3.63) is 29.1 Å². The maximum absolute atomic E-state index is 12.3. The molecular formula is C17H18F3N3O3S. The maximum Gasteiger partial charge on any atom is 0.573 e. The summed E-state index contributed by atoms with van der Waals surface area (Å²) in [5, 5.41) is 3.93. The van der Waals surface area contributed by atoms with Crippen LogP contribution in [0.1, 0.15) is 16.6 Å². The minimum atomic E-state index is -4.76. The van der Waals surface area contributed by atoms with Gasteiger partial charge in [0.1, 0.15) is 10.6 Å². The second kappa shape index (κ2) is 8.13. The molecule has 1 aromatic heterocycles. The molecular weight excluding hydrogens is 383 g/mol. The Morgan fingerprint density at radius 2 is 1.93 bits per heavy atom. The van der Waals surface area contributed by atoms with Gasteiger partial charge in [-0.3, -0.25) is 0 Å². The zero-order chi connectivity index (χ0) is 19.4. The largest absolute Gasteiger partial charge is 0.573 e. The van der Waals surface area contributed by atoms with Crippen molar-refractivity contribution < 1.29 is 27.4 Å². The van der Waals surface area contributed by atoms with Gasteiger partial charge in [-0.05, 0) is 31.2 Å². The smallest absolute Gasteiger partial charge is 0.462 e. The Balaban J connectivity index is 1.92. The number of piperazine rings is 1. The summed E-state index contributed by atoms with van der Waals surface area (Å²) in [6.07, 6.45) is -4.76. The molecule has 1 saturated heterocycles. The van der Waals surface area contributed by atoms with E-state index in [2.05, 4.69) is 19.9 Å². The second-order valence-corrected chi connectivity index (χ2v) is 6.68. The molecule has 1 fully saturated rings. The number of hydrogen-bond donors (Lipinski definition) is 1. The van der Waals surface area contributed by atoms with Crippen LogP contribution in [-0.4, -0.2) is 50.1 Å². The number of nitrogens with zero attached hydrogens (tertiary/aromatic N) is 2. The number of benzene rings is 1. The van der Waals surface area contributed by atoms with Crippen LogP contribution in [0.25, 0.3) is 11.3 Å². The Labute approximate surface area is 157 Å². The molecule has 0 radical (unpaired) electrons. The van der Waals surface area contributed by atoms with Gasteiger partial charge in [-0.25, -0.2) is 9.78 Å². The SMILES string of the molecule is CCOC(=O)c1sc(N2CCNCC2)nc1-c1ccc(OC(F)(F)F)cc1. The van der Waals surface area contributed by atoms with Crippen molar-refractivity contribution in [2.45, 2.75) is 13.3 Å². The first-order valence-electron chi connectivity index (χ1n) is 8.37. The Morgan fingerprint density at radius 3 is 2.52 bits per heavy atom. The Hall–Kier alpha value is -2.33. The van der Waals surface area contributed by atoms with E-state index >= 15 is 0 Å². The lowest BCUT2D eigenvalue weighted by molar-refractivity contribution is -0.274. The molecule has 27 heavy (non-hydrogen) atoms. The summed E-state index contributed by atoms with van der Waals surface area (Å²) in [5.41, 5.74) is 0.913. The van der Waals surface area contributed by atoms with Crippen LogP contribution in [-0.2, 0) is 4.74 Å². The summed E-state index contributed by atoms with van der Waals surface area (Å²) in [6.45, 7) is 5.07. The first kappa shape index (κ1) is 19.4. The number of esters is 1. The monoisotopic (exact) mass is 401 g/mol. The normalized spacial score (nSPS) is 14.9. The predicted molar refractivity (Wildman–Crippen MR) is 95.3 cm³/mol. The molecule has 1 aliphatic rings. The Morgan fingerprint density at radius 1 is 1.26 bits per heavy atom. The fourth-order valence-electron chi connectivity index (χ4n) is 2.65. The number of halogens is 3. The molecule has 146 valence electrons. The van der Waals surface area contributed by atoms with E-state index in [-0.39, 0.29) is 12.4 Å². The molecule has 3 rings (SSSR count). The van der Waals surface area contributed by atoms with Crippen molar-refractivity contribution in [2.75, 3.05) is 37.7 Å². The summed E-state index contributed by atoms with van der Waals surface area (Å²) < 4.78 is 46.0. The molecule has 2 heterocycles. The van der Waals surface area contributed by atoms with Gasteiger partial charge in [0.2, 0.25) is 0 Å². The number of thiazole rings is 1. The third kappa shape index (κ3) is 4.89. The topological polar surface area (TPSA) is 63.7 Å². The van der Waals surface area contributed by atoms with E-state index in [1.165, 1.54) is 35.6 Å². The quantitative estimate of drug-likeness (QED) is 0.776. The van der Waals surface area contributed by atoms with Crippen LogP contribution in [0.15, 0.2) is 24.3 Å². The highest BCUT2D eigenvalue weighted by molar-refractivity contribution is 7.17. The van der Waals surface area contributed by atoms with E-state index in [1.54, 1.807) is 6.92 Å². The molecule has 1 N–H and O–H groups in total. The van der Waals surface area contributed by atoms with Crippen LogP contribution in [0.3, 0.4) is 0 Å². The number of ether oxygens (including phenoxy) is 2. The van der Waals surface area contributed by atoms with Crippen molar-refractivity contribution in [1.29, 1.82) is 0 Å². The fourth-order valence-corrected chi connectivity index (χ4v) is 3.68. The summed E-state index contributed by atoms with van der Waals surface area (Å²) in [4.78, 5) is 19.3. The summed E-state index contributed by atoms with van der Waals surface area (Å²) in [6, 6.07) is 5.28. The molecule has 0 saturated carbocycles. The number of aromatic nitrogens is 1. The Bertz CT molecular complexity index is 787. The molecule has 1 aliphatic heterocycles. The van der Waals surface area contributed by atoms with Crippen molar-refractivity contribution >= 4 is 22.4 Å². The van der Waals surface area contributed by atoms with Crippen LogP contribution in [0.2, 0.25) is 0 Å². The van der Waals surface area contributed by atoms with Crippen LogP contribution >= 0.6 is 11.3 Å². The molecule has 0 aliphatic carbocycles. The minimum Gasteiger partial charge on any atom is -0.462 e. The molecule has 10 heteroatoms. The standard InChI is InChI=1S/C17H18F3N3O3S/c1-2-25-15(24)14-13(22-16(27-14)23-9-7-21-8-10-23)11-3-5-12(6-4-11)26-17(18,19)20/h3-6,21H,2,7-10H2,1H3. The van der Waals surface area contributed by atoms with Crippen LogP contribution < -0.4 is 15.0 Å². The van der Waals surface area contributed by atoms with Gasteiger partial charge in [-0.1, -0.05) is 11.3 Å². The van der Waals surface area contributed by atoms with Crippen molar-refractivity contribution in [3.63, 3.8) is 0 Å². The van der Waals surface area contributed by atoms with E-state index < -0.39 is 12.3 Å². The van der Waals surface area contributed by atoms with Crippen LogP contribution in [0.4, 0.5) is 18.3 Å². The number of anilines is 1. The average molecular weight is 401 g/mol. The highest BCUT2D eigenvalue weighted by Crippen LogP contribution is 2.35. The maximum atomic E-state index is 12.3. The highest BCUT2D eigenvalue weighted by atomic mass is 32.1. The van der Waals surface area contributed by atoms with Crippen molar-refractivity contribution in [1.82, 2.24) is 10.3 Å². The van der Waals surface area contributed by atoms with Gasteiger partial charge in [0, 0.05) is 31.7 Å². The summed E-state index contributed by atoms with van der Waals surface area (Å²) in [7, 11) is 0. The number of rotatable bonds is 5. The molecule has 0 spiro atoms. The third-order valence-electron chi connectivity index (χ3n) is 3.83. The van der Waals surface area contributed by atoms with E-state index in [1.807, 2.05) is 0 Å². The first-order chi connectivity index (χ1) is 12.9. The zero-order valence-electron chi connectivity index (χ0n) is 14.5. The van der Waals surface area contributed by atoms with E-state index in [4.69, 9.17) is 4.74 Å². The third-order valence-corrected chi connectivity index (χ3v) is 4.92. The second-order valence-electron chi connectivity index (χ2n) is 5.70. The molecule has 6 nitrogen and oxygen atoms in total. The van der Waals surface area contributed by atoms with Gasteiger partial charge in [0.05, 0.1) is 12.3 Å². The fraction of sp³-hybridized carbons (Fsp3) is 0.412. The molecule has 0 amide bonds. The lowest BCUT2D eigenvalue weighted by atomic mass is 10.1. The number of carbonyl (C=O) groups excluding carboxylic acids is 1. The van der Waals surface area contributed by atoms with Gasteiger partial charge >= 0.3 is 12.3 Å².